The van der Waals surface area contributed by atoms with Gasteiger partial charge in [0.05, 0.1) is 6.61 Å². The Labute approximate surface area is 92.9 Å². The van der Waals surface area contributed by atoms with Crippen molar-refractivity contribution in [2.24, 2.45) is 0 Å². The minimum Gasteiger partial charge on any atom is -0.383 e. The molecule has 0 aromatic heterocycles. The molecule has 0 N–H and O–H groups in total. The van der Waals surface area contributed by atoms with E-state index >= 15 is 0 Å². The number of nitrogens with zero attached hydrogens (tertiary/aromatic N) is 1. The van der Waals surface area contributed by atoms with Crippen LogP contribution in [-0.2, 0) is 11.3 Å². The van der Waals surface area contributed by atoms with Crippen LogP contribution in [0.3, 0.4) is 0 Å². The quantitative estimate of drug-likeness (QED) is 0.711. The molecule has 0 bridgehead atoms. The summed E-state index contributed by atoms with van der Waals surface area (Å²) in [7, 11) is 1.75. The summed E-state index contributed by atoms with van der Waals surface area (Å²) in [6.07, 6.45) is 0. The molecular formula is C13H21NO. The summed E-state index contributed by atoms with van der Waals surface area (Å²) < 4.78 is 5.12. The fraction of sp³-hybridized carbons (Fsp3) is 0.538. The number of ether oxygens (including phenoxy) is 1. The Morgan fingerprint density at radius 2 is 1.87 bits per heavy atom. The minimum atomic E-state index is 0.556. The van der Waals surface area contributed by atoms with Crippen molar-refractivity contribution in [3.63, 3.8) is 0 Å². The molecule has 84 valence electrons. The highest BCUT2D eigenvalue weighted by Gasteiger charge is 2.08. The lowest BCUT2D eigenvalue weighted by Gasteiger charge is -2.26. The summed E-state index contributed by atoms with van der Waals surface area (Å²) in [4.78, 5) is 2.42. The Bertz CT molecular complexity index is 258. The van der Waals surface area contributed by atoms with Crippen LogP contribution in [0.25, 0.3) is 0 Å². The maximum atomic E-state index is 5.12. The van der Waals surface area contributed by atoms with Crippen LogP contribution in [0.4, 0.5) is 0 Å². The van der Waals surface area contributed by atoms with Crippen LogP contribution in [0.15, 0.2) is 30.3 Å². The zero-order valence-corrected chi connectivity index (χ0v) is 9.94. The number of hydrogen-bond donors (Lipinski definition) is 0. The van der Waals surface area contributed by atoms with E-state index in [1.54, 1.807) is 7.11 Å². The van der Waals surface area contributed by atoms with Crippen LogP contribution in [0.1, 0.15) is 19.4 Å². The Kier molecular flexibility index (Phi) is 5.37. The maximum absolute atomic E-state index is 5.12. The van der Waals surface area contributed by atoms with E-state index in [1.807, 2.05) is 0 Å². The van der Waals surface area contributed by atoms with Gasteiger partial charge in [0.1, 0.15) is 0 Å². The normalized spacial score (nSPS) is 11.3. The van der Waals surface area contributed by atoms with E-state index in [0.717, 1.165) is 19.7 Å². The van der Waals surface area contributed by atoms with Gasteiger partial charge >= 0.3 is 0 Å². The molecule has 0 spiro atoms. The molecule has 0 unspecified atom stereocenters. The van der Waals surface area contributed by atoms with Crippen LogP contribution in [0, 0.1) is 0 Å². The molecule has 0 heterocycles. The fourth-order valence-electron chi connectivity index (χ4n) is 1.55. The van der Waals surface area contributed by atoms with Gasteiger partial charge in [-0.2, -0.15) is 0 Å². The summed E-state index contributed by atoms with van der Waals surface area (Å²) in [5.41, 5.74) is 1.36. The molecule has 1 aromatic rings. The van der Waals surface area contributed by atoms with E-state index in [-0.39, 0.29) is 0 Å². The number of hydrogen-bond acceptors (Lipinski definition) is 2. The predicted octanol–water partition coefficient (Wildman–Crippen LogP) is 2.54. The number of benzene rings is 1. The summed E-state index contributed by atoms with van der Waals surface area (Å²) in [5.74, 6) is 0. The first-order valence-electron chi connectivity index (χ1n) is 5.51. The highest BCUT2D eigenvalue weighted by Crippen LogP contribution is 2.07. The van der Waals surface area contributed by atoms with E-state index in [1.165, 1.54) is 5.56 Å². The average molecular weight is 207 g/mol. The van der Waals surface area contributed by atoms with Crippen molar-refractivity contribution >= 4 is 0 Å². The first kappa shape index (κ1) is 12.2. The van der Waals surface area contributed by atoms with Gasteiger partial charge in [0, 0.05) is 26.2 Å². The van der Waals surface area contributed by atoms with E-state index in [4.69, 9.17) is 4.74 Å². The van der Waals surface area contributed by atoms with Crippen LogP contribution >= 0.6 is 0 Å². The smallest absolute Gasteiger partial charge is 0.0589 e. The number of rotatable bonds is 6. The zero-order valence-electron chi connectivity index (χ0n) is 9.94. The standard InChI is InChI=1S/C13H21NO/c1-12(2)14(9-10-15-3)11-13-7-5-4-6-8-13/h4-8,12H,9-11H2,1-3H3. The van der Waals surface area contributed by atoms with E-state index in [0.29, 0.717) is 6.04 Å². The summed E-state index contributed by atoms with van der Waals surface area (Å²) in [5, 5.41) is 0. The van der Waals surface area contributed by atoms with Crippen molar-refractivity contribution in [3.05, 3.63) is 35.9 Å². The monoisotopic (exact) mass is 207 g/mol. The summed E-state index contributed by atoms with van der Waals surface area (Å²) >= 11 is 0. The second-order valence-electron chi connectivity index (χ2n) is 4.04. The second-order valence-corrected chi connectivity index (χ2v) is 4.04. The molecule has 0 amide bonds. The maximum Gasteiger partial charge on any atom is 0.0589 e. The highest BCUT2D eigenvalue weighted by molar-refractivity contribution is 5.14. The SMILES string of the molecule is COCCN(Cc1ccccc1)C(C)C. The first-order chi connectivity index (χ1) is 7.24. The molecule has 0 aliphatic carbocycles. The van der Waals surface area contributed by atoms with Gasteiger partial charge < -0.3 is 4.74 Å². The Morgan fingerprint density at radius 3 is 2.40 bits per heavy atom. The van der Waals surface area contributed by atoms with Crippen molar-refractivity contribution in [1.29, 1.82) is 0 Å². The van der Waals surface area contributed by atoms with Gasteiger partial charge in [-0.1, -0.05) is 30.3 Å². The summed E-state index contributed by atoms with van der Waals surface area (Å²) in [6.45, 7) is 7.23. The zero-order chi connectivity index (χ0) is 11.1. The lowest BCUT2D eigenvalue weighted by atomic mass is 10.2. The molecule has 1 rings (SSSR count). The van der Waals surface area contributed by atoms with E-state index in [2.05, 4.69) is 49.1 Å². The topological polar surface area (TPSA) is 12.5 Å². The summed E-state index contributed by atoms with van der Waals surface area (Å²) in [6, 6.07) is 11.1. The molecule has 2 nitrogen and oxygen atoms in total. The molecule has 0 aliphatic rings. The van der Waals surface area contributed by atoms with Gasteiger partial charge in [0.25, 0.3) is 0 Å². The molecule has 0 aliphatic heterocycles. The molecule has 15 heavy (non-hydrogen) atoms. The Hall–Kier alpha value is -0.860. The van der Waals surface area contributed by atoms with Crippen LogP contribution < -0.4 is 0 Å². The third kappa shape index (κ3) is 4.45. The van der Waals surface area contributed by atoms with Gasteiger partial charge in [-0.15, -0.1) is 0 Å². The molecule has 0 saturated carbocycles. The van der Waals surface area contributed by atoms with Gasteiger partial charge in [0.15, 0.2) is 0 Å². The fourth-order valence-corrected chi connectivity index (χ4v) is 1.55. The van der Waals surface area contributed by atoms with Crippen molar-refractivity contribution < 1.29 is 4.74 Å². The second kappa shape index (κ2) is 6.59. The van der Waals surface area contributed by atoms with Crippen LogP contribution in [0.2, 0.25) is 0 Å². The molecule has 0 radical (unpaired) electrons. The van der Waals surface area contributed by atoms with Crippen molar-refractivity contribution in [2.45, 2.75) is 26.4 Å². The van der Waals surface area contributed by atoms with Gasteiger partial charge in [0.2, 0.25) is 0 Å². The molecule has 2 heteroatoms. The van der Waals surface area contributed by atoms with Crippen LogP contribution in [-0.4, -0.2) is 31.2 Å². The highest BCUT2D eigenvalue weighted by atomic mass is 16.5. The molecule has 0 atom stereocenters. The lowest BCUT2D eigenvalue weighted by Crippen LogP contribution is -2.33. The third-order valence-electron chi connectivity index (χ3n) is 2.54. The van der Waals surface area contributed by atoms with E-state index in [9.17, 15) is 0 Å². The molecule has 1 aromatic carbocycles. The van der Waals surface area contributed by atoms with Gasteiger partial charge in [-0.3, -0.25) is 4.90 Å². The Morgan fingerprint density at radius 1 is 1.20 bits per heavy atom. The predicted molar refractivity (Wildman–Crippen MR) is 63.9 cm³/mol. The molecule has 0 fully saturated rings. The largest absolute Gasteiger partial charge is 0.383 e. The number of methoxy groups -OCH3 is 1. The van der Waals surface area contributed by atoms with Crippen LogP contribution in [0.5, 0.6) is 0 Å². The van der Waals surface area contributed by atoms with Crippen molar-refractivity contribution in [2.75, 3.05) is 20.3 Å². The van der Waals surface area contributed by atoms with E-state index < -0.39 is 0 Å². The minimum absolute atomic E-state index is 0.556. The Balaban J connectivity index is 2.51. The molecular weight excluding hydrogens is 186 g/mol. The average Bonchev–Trinajstić information content (AvgIpc) is 2.25. The van der Waals surface area contributed by atoms with Crippen molar-refractivity contribution in [1.82, 2.24) is 4.90 Å². The van der Waals surface area contributed by atoms with Crippen molar-refractivity contribution in [3.8, 4) is 0 Å². The third-order valence-corrected chi connectivity index (χ3v) is 2.54. The first-order valence-corrected chi connectivity index (χ1v) is 5.51. The molecule has 0 saturated heterocycles. The van der Waals surface area contributed by atoms with Gasteiger partial charge in [-0.05, 0) is 19.4 Å². The lowest BCUT2D eigenvalue weighted by molar-refractivity contribution is 0.125. The van der Waals surface area contributed by atoms with Gasteiger partial charge in [-0.25, -0.2) is 0 Å².